The summed E-state index contributed by atoms with van der Waals surface area (Å²) in [6.45, 7) is 0. The third kappa shape index (κ3) is 4.67. The second kappa shape index (κ2) is 8.78. The van der Waals surface area contributed by atoms with E-state index in [1.165, 1.54) is 12.8 Å². The smallest absolute Gasteiger partial charge is 0.255 e. The number of fused-ring (bicyclic) bond motifs is 1. The monoisotopic (exact) mass is 412 g/mol. The molecule has 1 fully saturated rings. The fourth-order valence-electron chi connectivity index (χ4n) is 3.60. The molecule has 4 rings (SSSR count). The molecule has 0 atom stereocenters. The lowest BCUT2D eigenvalue weighted by Crippen LogP contribution is -2.15. The molecule has 0 radical (unpaired) electrons. The molecular formula is C22H24N2O4S. The Morgan fingerprint density at radius 2 is 1.97 bits per heavy atom. The normalized spacial score (nSPS) is 16.5. The van der Waals surface area contributed by atoms with Crippen LogP contribution in [0.1, 0.15) is 42.5 Å². The summed E-state index contributed by atoms with van der Waals surface area (Å²) in [7, 11) is 1.61. The quantitative estimate of drug-likeness (QED) is 0.744. The van der Waals surface area contributed by atoms with Gasteiger partial charge in [0.05, 0.1) is 18.9 Å². The van der Waals surface area contributed by atoms with Crippen LogP contribution in [0.5, 0.6) is 11.5 Å². The number of hydrogen-bond donors (Lipinski definition) is 2. The second-order valence-electron chi connectivity index (χ2n) is 7.20. The first kappa shape index (κ1) is 19.6. The van der Waals surface area contributed by atoms with Crippen molar-refractivity contribution in [2.75, 3.05) is 23.5 Å². The standard InChI is InChI=1S/C22H24N2O4S/c1-27-18-8-7-15(13-19(18)28-16-4-2-3-5-16)23-22(26)14-6-9-20-17(12-14)24-21(25)10-11-29-20/h6-9,12-13,16H,2-5,10-11H2,1H3,(H,23,26)(H,24,25). The van der Waals surface area contributed by atoms with Crippen molar-refractivity contribution in [3.8, 4) is 11.5 Å². The van der Waals surface area contributed by atoms with E-state index >= 15 is 0 Å². The van der Waals surface area contributed by atoms with Crippen molar-refractivity contribution < 1.29 is 19.1 Å². The summed E-state index contributed by atoms with van der Waals surface area (Å²) in [5.41, 5.74) is 1.81. The van der Waals surface area contributed by atoms with Crippen LogP contribution in [0, 0.1) is 0 Å². The predicted molar refractivity (Wildman–Crippen MR) is 114 cm³/mol. The first-order chi connectivity index (χ1) is 14.1. The van der Waals surface area contributed by atoms with Gasteiger partial charge in [-0.25, -0.2) is 0 Å². The zero-order chi connectivity index (χ0) is 20.2. The lowest BCUT2D eigenvalue weighted by atomic mass is 10.1. The summed E-state index contributed by atoms with van der Waals surface area (Å²) < 4.78 is 11.5. The second-order valence-corrected chi connectivity index (χ2v) is 8.34. The van der Waals surface area contributed by atoms with Crippen LogP contribution in [-0.2, 0) is 4.79 Å². The molecule has 2 amide bonds. The van der Waals surface area contributed by atoms with E-state index in [-0.39, 0.29) is 17.9 Å². The van der Waals surface area contributed by atoms with E-state index in [2.05, 4.69) is 10.6 Å². The Kier molecular flexibility index (Phi) is 5.94. The van der Waals surface area contributed by atoms with E-state index in [1.807, 2.05) is 6.07 Å². The minimum atomic E-state index is -0.242. The molecule has 0 spiro atoms. The molecule has 2 N–H and O–H groups in total. The average Bonchev–Trinajstić information content (AvgIpc) is 3.14. The van der Waals surface area contributed by atoms with Crippen LogP contribution in [0.15, 0.2) is 41.3 Å². The maximum atomic E-state index is 12.8. The van der Waals surface area contributed by atoms with Gasteiger partial charge in [-0.3, -0.25) is 9.59 Å². The van der Waals surface area contributed by atoms with Crippen LogP contribution in [0.25, 0.3) is 0 Å². The Morgan fingerprint density at radius 3 is 2.76 bits per heavy atom. The highest BCUT2D eigenvalue weighted by molar-refractivity contribution is 7.99. The Hall–Kier alpha value is -2.67. The van der Waals surface area contributed by atoms with Gasteiger partial charge in [-0.05, 0) is 56.0 Å². The molecular weight excluding hydrogens is 388 g/mol. The lowest BCUT2D eigenvalue weighted by molar-refractivity contribution is -0.115. The first-order valence-electron chi connectivity index (χ1n) is 9.85. The van der Waals surface area contributed by atoms with Gasteiger partial charge in [0.25, 0.3) is 5.91 Å². The zero-order valence-electron chi connectivity index (χ0n) is 16.3. The molecule has 1 heterocycles. The average molecular weight is 413 g/mol. The molecule has 2 aromatic rings. The van der Waals surface area contributed by atoms with Gasteiger partial charge < -0.3 is 20.1 Å². The molecule has 29 heavy (non-hydrogen) atoms. The third-order valence-corrected chi connectivity index (χ3v) is 6.20. The number of hydrogen-bond acceptors (Lipinski definition) is 5. The minimum absolute atomic E-state index is 0.0299. The van der Waals surface area contributed by atoms with Crippen LogP contribution in [0.3, 0.4) is 0 Å². The van der Waals surface area contributed by atoms with Crippen molar-refractivity contribution in [3.63, 3.8) is 0 Å². The number of thioether (sulfide) groups is 1. The van der Waals surface area contributed by atoms with Crippen molar-refractivity contribution in [1.29, 1.82) is 0 Å². The Morgan fingerprint density at radius 1 is 1.14 bits per heavy atom. The van der Waals surface area contributed by atoms with E-state index in [0.717, 1.165) is 23.5 Å². The molecule has 2 aromatic carbocycles. The SMILES string of the molecule is COc1ccc(NC(=O)c2ccc3c(c2)NC(=O)CCS3)cc1OC1CCCC1. The molecule has 0 unspecified atom stereocenters. The van der Waals surface area contributed by atoms with Gasteiger partial charge in [0.2, 0.25) is 5.91 Å². The number of carbonyl (C=O) groups is 2. The van der Waals surface area contributed by atoms with Gasteiger partial charge in [-0.15, -0.1) is 11.8 Å². The van der Waals surface area contributed by atoms with Gasteiger partial charge in [0, 0.05) is 34.4 Å². The Bertz CT molecular complexity index is 925. The lowest BCUT2D eigenvalue weighted by Gasteiger charge is -2.17. The summed E-state index contributed by atoms with van der Waals surface area (Å²) in [6, 6.07) is 10.8. The van der Waals surface area contributed by atoms with E-state index in [9.17, 15) is 9.59 Å². The van der Waals surface area contributed by atoms with Gasteiger partial charge in [0.1, 0.15) is 0 Å². The van der Waals surface area contributed by atoms with Crippen molar-refractivity contribution in [2.45, 2.75) is 43.1 Å². The van der Waals surface area contributed by atoms with Crippen molar-refractivity contribution in [1.82, 2.24) is 0 Å². The largest absolute Gasteiger partial charge is 0.493 e. The number of nitrogens with one attached hydrogen (secondary N) is 2. The molecule has 1 aliphatic carbocycles. The van der Waals surface area contributed by atoms with E-state index in [4.69, 9.17) is 9.47 Å². The molecule has 1 saturated carbocycles. The van der Waals surface area contributed by atoms with Gasteiger partial charge in [0.15, 0.2) is 11.5 Å². The van der Waals surface area contributed by atoms with Crippen LogP contribution in [0.2, 0.25) is 0 Å². The summed E-state index contributed by atoms with van der Waals surface area (Å²) in [6.07, 6.45) is 5.10. The highest BCUT2D eigenvalue weighted by Gasteiger charge is 2.20. The number of ether oxygens (including phenoxy) is 2. The number of benzene rings is 2. The number of methoxy groups -OCH3 is 1. The molecule has 6 nitrogen and oxygen atoms in total. The summed E-state index contributed by atoms with van der Waals surface area (Å²) in [5.74, 6) is 1.76. The predicted octanol–water partition coefficient (Wildman–Crippen LogP) is 4.70. The van der Waals surface area contributed by atoms with Crippen LogP contribution < -0.4 is 20.1 Å². The molecule has 7 heteroatoms. The molecule has 0 saturated heterocycles. The van der Waals surface area contributed by atoms with Crippen LogP contribution >= 0.6 is 11.8 Å². The third-order valence-electron chi connectivity index (χ3n) is 5.12. The summed E-state index contributed by atoms with van der Waals surface area (Å²) >= 11 is 1.61. The fourth-order valence-corrected chi connectivity index (χ4v) is 4.53. The molecule has 1 aliphatic heterocycles. The number of amides is 2. The van der Waals surface area contributed by atoms with Crippen LogP contribution in [0.4, 0.5) is 11.4 Å². The summed E-state index contributed by atoms with van der Waals surface area (Å²) in [5, 5.41) is 5.78. The molecule has 2 aliphatic rings. The fraction of sp³-hybridized carbons (Fsp3) is 0.364. The topological polar surface area (TPSA) is 76.7 Å². The van der Waals surface area contributed by atoms with Gasteiger partial charge in [-0.1, -0.05) is 0 Å². The molecule has 0 aromatic heterocycles. The Balaban J connectivity index is 1.51. The highest BCUT2D eigenvalue weighted by atomic mass is 32.2. The molecule has 0 bridgehead atoms. The van der Waals surface area contributed by atoms with Gasteiger partial charge in [-0.2, -0.15) is 0 Å². The van der Waals surface area contributed by atoms with Crippen LogP contribution in [-0.4, -0.2) is 30.8 Å². The Labute approximate surface area is 174 Å². The van der Waals surface area contributed by atoms with E-state index < -0.39 is 0 Å². The highest BCUT2D eigenvalue weighted by Crippen LogP contribution is 2.35. The number of rotatable bonds is 5. The zero-order valence-corrected chi connectivity index (χ0v) is 17.1. The van der Waals surface area contributed by atoms with Gasteiger partial charge >= 0.3 is 0 Å². The van der Waals surface area contributed by atoms with Crippen molar-refractivity contribution >= 4 is 35.0 Å². The number of carbonyl (C=O) groups excluding carboxylic acids is 2. The van der Waals surface area contributed by atoms with E-state index in [0.29, 0.717) is 34.9 Å². The maximum absolute atomic E-state index is 12.8. The van der Waals surface area contributed by atoms with E-state index in [1.54, 1.807) is 49.2 Å². The maximum Gasteiger partial charge on any atom is 0.255 e. The minimum Gasteiger partial charge on any atom is -0.493 e. The van der Waals surface area contributed by atoms with Crippen molar-refractivity contribution in [2.24, 2.45) is 0 Å². The van der Waals surface area contributed by atoms with Crippen molar-refractivity contribution in [3.05, 3.63) is 42.0 Å². The first-order valence-corrected chi connectivity index (χ1v) is 10.8. The number of anilines is 2. The molecule has 152 valence electrons. The summed E-state index contributed by atoms with van der Waals surface area (Å²) in [4.78, 5) is 25.6.